The third-order valence-corrected chi connectivity index (χ3v) is 5.57. The molecular formula is C23H29N5O3. The van der Waals surface area contributed by atoms with Crippen LogP contribution in [0.15, 0.2) is 36.4 Å². The number of morpholine rings is 1. The summed E-state index contributed by atoms with van der Waals surface area (Å²) in [5, 5.41) is 0. The Hall–Kier alpha value is -3.13. The molecule has 3 heterocycles. The summed E-state index contributed by atoms with van der Waals surface area (Å²) in [4.78, 5) is 28.3. The fourth-order valence-corrected chi connectivity index (χ4v) is 3.75. The molecule has 0 N–H and O–H groups in total. The van der Waals surface area contributed by atoms with Crippen LogP contribution in [-0.4, -0.2) is 80.4 Å². The Labute approximate surface area is 183 Å². The van der Waals surface area contributed by atoms with Crippen LogP contribution in [0.3, 0.4) is 0 Å². The zero-order chi connectivity index (χ0) is 21.6. The zero-order valence-corrected chi connectivity index (χ0v) is 18.2. The normalized spacial score (nSPS) is 17.3. The Morgan fingerprint density at radius 1 is 1.00 bits per heavy atom. The van der Waals surface area contributed by atoms with Gasteiger partial charge < -0.3 is 24.2 Å². The van der Waals surface area contributed by atoms with Crippen LogP contribution in [-0.2, 0) is 9.53 Å². The molecule has 0 spiro atoms. The van der Waals surface area contributed by atoms with Crippen molar-refractivity contribution >= 4 is 23.7 Å². The average molecular weight is 424 g/mol. The minimum atomic E-state index is 0.0309. The number of rotatable bonds is 5. The first-order valence-electron chi connectivity index (χ1n) is 10.7. The summed E-state index contributed by atoms with van der Waals surface area (Å²) in [5.41, 5.74) is 1.92. The van der Waals surface area contributed by atoms with Gasteiger partial charge in [0.1, 0.15) is 11.6 Å². The average Bonchev–Trinajstić information content (AvgIpc) is 2.83. The third kappa shape index (κ3) is 5.32. The molecule has 8 heteroatoms. The molecule has 1 aromatic carbocycles. The van der Waals surface area contributed by atoms with Gasteiger partial charge in [-0.15, -0.1) is 0 Å². The van der Waals surface area contributed by atoms with Gasteiger partial charge in [0.25, 0.3) is 0 Å². The highest BCUT2D eigenvalue weighted by molar-refractivity contribution is 5.92. The molecule has 2 aliphatic rings. The summed E-state index contributed by atoms with van der Waals surface area (Å²) < 4.78 is 10.6. The molecule has 4 rings (SSSR count). The molecule has 8 nitrogen and oxygen atoms in total. The summed E-state index contributed by atoms with van der Waals surface area (Å²) in [6.45, 7) is 7.87. The summed E-state index contributed by atoms with van der Waals surface area (Å²) in [5.74, 6) is 2.52. The Balaban J connectivity index is 1.35. The number of hydrogen-bond acceptors (Lipinski definition) is 7. The number of hydrogen-bond donors (Lipinski definition) is 0. The standard InChI is InChI=1S/C23H29N5O3/c1-18-17-21(25-23(24-18)28-13-15-31-16-14-28)26-9-11-27(12-10-26)22(29)8-5-19-3-6-20(30-2)7-4-19/h3-8,17H,9-16H2,1-2H3/b8-5+. The highest BCUT2D eigenvalue weighted by Gasteiger charge is 2.22. The van der Waals surface area contributed by atoms with Gasteiger partial charge in [0.05, 0.1) is 20.3 Å². The minimum absolute atomic E-state index is 0.0309. The molecule has 2 aromatic rings. The van der Waals surface area contributed by atoms with E-state index >= 15 is 0 Å². The molecule has 164 valence electrons. The van der Waals surface area contributed by atoms with Crippen molar-refractivity contribution in [3.05, 3.63) is 47.7 Å². The first kappa shape index (κ1) is 21.1. The number of ether oxygens (including phenoxy) is 2. The molecule has 0 saturated carbocycles. The molecule has 2 saturated heterocycles. The van der Waals surface area contributed by atoms with Crippen LogP contribution >= 0.6 is 0 Å². The number of anilines is 2. The fourth-order valence-electron chi connectivity index (χ4n) is 3.75. The number of carbonyl (C=O) groups is 1. The Kier molecular flexibility index (Phi) is 6.66. The van der Waals surface area contributed by atoms with Gasteiger partial charge in [0.15, 0.2) is 0 Å². The van der Waals surface area contributed by atoms with E-state index < -0.39 is 0 Å². The van der Waals surface area contributed by atoms with Gasteiger partial charge in [-0.2, -0.15) is 4.98 Å². The van der Waals surface area contributed by atoms with Gasteiger partial charge in [-0.05, 0) is 30.7 Å². The lowest BCUT2D eigenvalue weighted by molar-refractivity contribution is -0.126. The molecule has 0 unspecified atom stereocenters. The van der Waals surface area contributed by atoms with E-state index in [2.05, 4.69) is 14.8 Å². The summed E-state index contributed by atoms with van der Waals surface area (Å²) in [6.07, 6.45) is 3.49. The monoisotopic (exact) mass is 423 g/mol. The largest absolute Gasteiger partial charge is 0.497 e. The molecule has 2 fully saturated rings. The molecule has 31 heavy (non-hydrogen) atoms. The second kappa shape index (κ2) is 9.78. The number of methoxy groups -OCH3 is 1. The van der Waals surface area contributed by atoms with Crippen molar-refractivity contribution in [3.8, 4) is 5.75 Å². The highest BCUT2D eigenvalue weighted by Crippen LogP contribution is 2.20. The van der Waals surface area contributed by atoms with Crippen molar-refractivity contribution in [3.63, 3.8) is 0 Å². The van der Waals surface area contributed by atoms with Crippen LogP contribution in [0, 0.1) is 6.92 Å². The molecular weight excluding hydrogens is 394 g/mol. The van der Waals surface area contributed by atoms with Gasteiger partial charge in [0.2, 0.25) is 11.9 Å². The molecule has 0 bridgehead atoms. The van der Waals surface area contributed by atoms with E-state index in [1.165, 1.54) is 0 Å². The Bertz CT molecular complexity index is 917. The van der Waals surface area contributed by atoms with Crippen LogP contribution in [0.4, 0.5) is 11.8 Å². The lowest BCUT2D eigenvalue weighted by Crippen LogP contribution is -2.48. The van der Waals surface area contributed by atoms with Crippen LogP contribution in [0.1, 0.15) is 11.3 Å². The van der Waals surface area contributed by atoms with Crippen molar-refractivity contribution in [2.24, 2.45) is 0 Å². The van der Waals surface area contributed by atoms with Gasteiger partial charge in [-0.3, -0.25) is 4.79 Å². The number of piperazine rings is 1. The van der Waals surface area contributed by atoms with Gasteiger partial charge in [-0.1, -0.05) is 12.1 Å². The van der Waals surface area contributed by atoms with E-state index in [0.29, 0.717) is 26.3 Å². The van der Waals surface area contributed by atoms with Crippen LogP contribution < -0.4 is 14.5 Å². The molecule has 0 aliphatic carbocycles. The lowest BCUT2D eigenvalue weighted by Gasteiger charge is -2.35. The molecule has 0 atom stereocenters. The summed E-state index contributed by atoms with van der Waals surface area (Å²) >= 11 is 0. The second-order valence-electron chi connectivity index (χ2n) is 7.69. The van der Waals surface area contributed by atoms with E-state index in [-0.39, 0.29) is 5.91 Å². The molecule has 0 radical (unpaired) electrons. The van der Waals surface area contributed by atoms with E-state index in [4.69, 9.17) is 14.5 Å². The lowest BCUT2D eigenvalue weighted by atomic mass is 10.2. The van der Waals surface area contributed by atoms with E-state index in [1.54, 1.807) is 13.2 Å². The van der Waals surface area contributed by atoms with E-state index in [0.717, 1.165) is 55.0 Å². The summed E-state index contributed by atoms with van der Waals surface area (Å²) in [6, 6.07) is 9.66. The molecule has 1 aromatic heterocycles. The summed E-state index contributed by atoms with van der Waals surface area (Å²) in [7, 11) is 1.64. The number of carbonyl (C=O) groups excluding carboxylic acids is 1. The van der Waals surface area contributed by atoms with E-state index in [1.807, 2.05) is 48.2 Å². The van der Waals surface area contributed by atoms with Gasteiger partial charge >= 0.3 is 0 Å². The smallest absolute Gasteiger partial charge is 0.246 e. The third-order valence-electron chi connectivity index (χ3n) is 5.57. The minimum Gasteiger partial charge on any atom is -0.497 e. The Morgan fingerprint density at radius 3 is 2.39 bits per heavy atom. The first-order valence-corrected chi connectivity index (χ1v) is 10.7. The van der Waals surface area contributed by atoms with Gasteiger partial charge in [-0.25, -0.2) is 4.98 Å². The maximum atomic E-state index is 12.6. The topological polar surface area (TPSA) is 71.0 Å². The maximum absolute atomic E-state index is 12.6. The van der Waals surface area contributed by atoms with Crippen LogP contribution in [0.5, 0.6) is 5.75 Å². The van der Waals surface area contributed by atoms with Crippen molar-refractivity contribution in [1.29, 1.82) is 0 Å². The van der Waals surface area contributed by atoms with Gasteiger partial charge in [0, 0.05) is 57.1 Å². The molecule has 1 amide bonds. The first-order chi connectivity index (χ1) is 15.1. The Morgan fingerprint density at radius 2 is 1.71 bits per heavy atom. The van der Waals surface area contributed by atoms with Crippen molar-refractivity contribution in [2.75, 3.05) is 69.4 Å². The predicted octanol–water partition coefficient (Wildman–Crippen LogP) is 1.99. The quantitative estimate of drug-likeness (QED) is 0.681. The maximum Gasteiger partial charge on any atom is 0.246 e. The number of nitrogens with zero attached hydrogens (tertiary/aromatic N) is 5. The number of aromatic nitrogens is 2. The van der Waals surface area contributed by atoms with Crippen molar-refractivity contribution in [1.82, 2.24) is 14.9 Å². The number of amides is 1. The van der Waals surface area contributed by atoms with Crippen molar-refractivity contribution < 1.29 is 14.3 Å². The SMILES string of the molecule is COc1ccc(/C=C/C(=O)N2CCN(c3cc(C)nc(N4CCOCC4)n3)CC2)cc1. The molecule has 2 aliphatic heterocycles. The predicted molar refractivity (Wildman–Crippen MR) is 121 cm³/mol. The fraction of sp³-hybridized carbons (Fsp3) is 0.435. The number of aryl methyl sites for hydroxylation is 1. The van der Waals surface area contributed by atoms with Crippen LogP contribution in [0.2, 0.25) is 0 Å². The van der Waals surface area contributed by atoms with E-state index in [9.17, 15) is 4.79 Å². The second-order valence-corrected chi connectivity index (χ2v) is 7.69. The van der Waals surface area contributed by atoms with Crippen LogP contribution in [0.25, 0.3) is 6.08 Å². The van der Waals surface area contributed by atoms with Crippen molar-refractivity contribution in [2.45, 2.75) is 6.92 Å². The zero-order valence-electron chi connectivity index (χ0n) is 18.2. The number of benzene rings is 1. The highest BCUT2D eigenvalue weighted by atomic mass is 16.5.